The minimum Gasteiger partial charge on any atom is -0.381 e. The number of piperidine rings is 1. The third kappa shape index (κ3) is 4.69. The van der Waals surface area contributed by atoms with Gasteiger partial charge in [-0.1, -0.05) is 29.3 Å². The lowest BCUT2D eigenvalue weighted by atomic mass is 10.1. The van der Waals surface area contributed by atoms with E-state index in [0.29, 0.717) is 16.8 Å². The van der Waals surface area contributed by atoms with Gasteiger partial charge in [0.1, 0.15) is 0 Å². The number of benzene rings is 2. The minimum atomic E-state index is -3.63. The van der Waals surface area contributed by atoms with Crippen molar-refractivity contribution in [2.75, 3.05) is 30.2 Å². The molecule has 1 aliphatic rings. The molecule has 0 radical (unpaired) electrons. The van der Waals surface area contributed by atoms with E-state index >= 15 is 0 Å². The van der Waals surface area contributed by atoms with E-state index in [-0.39, 0.29) is 4.90 Å². The molecule has 1 fully saturated rings. The molecule has 1 aliphatic heterocycles. The summed E-state index contributed by atoms with van der Waals surface area (Å²) >= 11 is 6.30. The second-order valence-corrected chi connectivity index (χ2v) is 8.92. The zero-order chi connectivity index (χ0) is 18.7. The largest absolute Gasteiger partial charge is 0.381 e. The highest BCUT2D eigenvalue weighted by atomic mass is 35.5. The Bertz CT molecular complexity index is 861. The van der Waals surface area contributed by atoms with Crippen molar-refractivity contribution in [1.29, 1.82) is 0 Å². The van der Waals surface area contributed by atoms with Crippen LogP contribution in [0.4, 0.5) is 11.4 Å². The van der Waals surface area contributed by atoms with Crippen molar-refractivity contribution in [3.05, 3.63) is 53.1 Å². The first-order chi connectivity index (χ1) is 12.3. The molecule has 2 aromatic carbocycles. The predicted molar refractivity (Wildman–Crippen MR) is 108 cm³/mol. The predicted octanol–water partition coefficient (Wildman–Crippen LogP) is 3.96. The van der Waals surface area contributed by atoms with Crippen molar-refractivity contribution >= 4 is 33.0 Å². The zero-order valence-electron chi connectivity index (χ0n) is 15.0. The Morgan fingerprint density at radius 3 is 2.38 bits per heavy atom. The second kappa shape index (κ2) is 7.86. The van der Waals surface area contributed by atoms with E-state index in [1.54, 1.807) is 42.5 Å². The number of likely N-dealkylation sites (tertiary alicyclic amines) is 1. The van der Waals surface area contributed by atoms with Crippen LogP contribution in [-0.2, 0) is 10.0 Å². The van der Waals surface area contributed by atoms with Crippen LogP contribution in [0.1, 0.15) is 18.4 Å². The molecule has 26 heavy (non-hydrogen) atoms. The fourth-order valence-electron chi connectivity index (χ4n) is 3.00. The number of hydrogen-bond acceptors (Lipinski definition) is 4. The van der Waals surface area contributed by atoms with E-state index in [4.69, 9.17) is 11.6 Å². The molecule has 0 unspecified atom stereocenters. The molecule has 0 amide bonds. The molecule has 140 valence electrons. The Kier molecular flexibility index (Phi) is 5.75. The first-order valence-electron chi connectivity index (χ1n) is 8.67. The topological polar surface area (TPSA) is 61.4 Å². The third-order valence-electron chi connectivity index (χ3n) is 4.63. The van der Waals surface area contributed by atoms with Crippen LogP contribution < -0.4 is 10.0 Å². The molecule has 0 spiro atoms. The van der Waals surface area contributed by atoms with Crippen molar-refractivity contribution in [1.82, 2.24) is 4.90 Å². The van der Waals surface area contributed by atoms with Gasteiger partial charge < -0.3 is 10.2 Å². The molecule has 0 aromatic heterocycles. The lowest BCUT2D eigenvalue weighted by Crippen LogP contribution is -2.36. The van der Waals surface area contributed by atoms with Crippen LogP contribution in [0.25, 0.3) is 0 Å². The van der Waals surface area contributed by atoms with E-state index in [2.05, 4.69) is 22.0 Å². The van der Waals surface area contributed by atoms with Crippen LogP contribution in [0.2, 0.25) is 5.02 Å². The average Bonchev–Trinajstić information content (AvgIpc) is 2.60. The molecule has 1 saturated heterocycles. The number of nitrogens with one attached hydrogen (secondary N) is 2. The van der Waals surface area contributed by atoms with Crippen molar-refractivity contribution in [2.24, 2.45) is 0 Å². The lowest BCUT2D eigenvalue weighted by Gasteiger charge is -2.30. The van der Waals surface area contributed by atoms with Crippen molar-refractivity contribution in [3.63, 3.8) is 0 Å². The number of aryl methyl sites for hydroxylation is 1. The Hall–Kier alpha value is -1.76. The van der Waals surface area contributed by atoms with Gasteiger partial charge in [0.15, 0.2) is 0 Å². The smallest absolute Gasteiger partial charge is 0.261 e. The molecule has 2 aromatic rings. The molecule has 5 nitrogen and oxygen atoms in total. The summed E-state index contributed by atoms with van der Waals surface area (Å²) < 4.78 is 27.8. The molecule has 3 rings (SSSR count). The van der Waals surface area contributed by atoms with E-state index < -0.39 is 10.0 Å². The summed E-state index contributed by atoms with van der Waals surface area (Å²) in [7, 11) is -1.51. The van der Waals surface area contributed by atoms with E-state index in [1.807, 2.05) is 6.92 Å². The van der Waals surface area contributed by atoms with Gasteiger partial charge in [-0.15, -0.1) is 0 Å². The van der Waals surface area contributed by atoms with Gasteiger partial charge >= 0.3 is 0 Å². The number of nitrogens with zero attached hydrogens (tertiary/aromatic N) is 1. The Morgan fingerprint density at radius 1 is 1.08 bits per heavy atom. The molecule has 0 bridgehead atoms. The van der Waals surface area contributed by atoms with Gasteiger partial charge in [-0.05, 0) is 70.2 Å². The number of anilines is 2. The van der Waals surface area contributed by atoms with Crippen LogP contribution >= 0.6 is 11.6 Å². The van der Waals surface area contributed by atoms with E-state index in [0.717, 1.165) is 37.2 Å². The summed E-state index contributed by atoms with van der Waals surface area (Å²) in [6, 6.07) is 12.3. The molecule has 0 aliphatic carbocycles. The maximum Gasteiger partial charge on any atom is 0.261 e. The van der Waals surface area contributed by atoms with Gasteiger partial charge in [0.25, 0.3) is 10.0 Å². The molecular weight excluding hydrogens is 370 g/mol. The maximum atomic E-state index is 12.6. The summed E-state index contributed by atoms with van der Waals surface area (Å²) in [6.45, 7) is 3.99. The zero-order valence-corrected chi connectivity index (χ0v) is 16.6. The fraction of sp³-hybridized carbons (Fsp3) is 0.368. The highest BCUT2D eigenvalue weighted by Crippen LogP contribution is 2.29. The molecule has 1 heterocycles. The van der Waals surface area contributed by atoms with Gasteiger partial charge in [0.05, 0.1) is 21.3 Å². The van der Waals surface area contributed by atoms with E-state index in [9.17, 15) is 8.42 Å². The quantitative estimate of drug-likeness (QED) is 0.807. The van der Waals surface area contributed by atoms with Gasteiger partial charge in [0, 0.05) is 6.04 Å². The standard InChI is InChI=1S/C19H24ClN3O2S/c1-14-3-6-17(7-4-14)26(24,25)22-16-5-8-18(20)19(13-16)21-15-9-11-23(2)12-10-15/h3-8,13,15,21-22H,9-12H2,1-2H3. The first-order valence-corrected chi connectivity index (χ1v) is 10.5. The van der Waals surface area contributed by atoms with Crippen LogP contribution in [0, 0.1) is 6.92 Å². The van der Waals surface area contributed by atoms with Gasteiger partial charge in [-0.3, -0.25) is 4.72 Å². The lowest BCUT2D eigenvalue weighted by molar-refractivity contribution is 0.264. The Morgan fingerprint density at radius 2 is 1.73 bits per heavy atom. The number of hydrogen-bond donors (Lipinski definition) is 2. The molecular formula is C19H24ClN3O2S. The minimum absolute atomic E-state index is 0.239. The number of rotatable bonds is 5. The maximum absolute atomic E-state index is 12.6. The van der Waals surface area contributed by atoms with Crippen LogP contribution in [0.15, 0.2) is 47.4 Å². The van der Waals surface area contributed by atoms with Crippen molar-refractivity contribution in [2.45, 2.75) is 30.7 Å². The summed E-state index contributed by atoms with van der Waals surface area (Å²) in [6.07, 6.45) is 2.07. The summed E-state index contributed by atoms with van der Waals surface area (Å²) in [4.78, 5) is 2.54. The fourth-order valence-corrected chi connectivity index (χ4v) is 4.23. The summed E-state index contributed by atoms with van der Waals surface area (Å²) in [5.74, 6) is 0. The molecule has 2 N–H and O–H groups in total. The highest BCUT2D eigenvalue weighted by Gasteiger charge is 2.18. The van der Waals surface area contributed by atoms with E-state index in [1.165, 1.54) is 0 Å². The normalized spacial score (nSPS) is 16.4. The third-order valence-corrected chi connectivity index (χ3v) is 6.35. The van der Waals surface area contributed by atoms with Crippen LogP contribution in [0.5, 0.6) is 0 Å². The van der Waals surface area contributed by atoms with Gasteiger partial charge in [-0.25, -0.2) is 8.42 Å². The Balaban J connectivity index is 1.75. The molecule has 0 atom stereocenters. The SMILES string of the molecule is Cc1ccc(S(=O)(=O)Nc2ccc(Cl)c(NC3CCN(C)CC3)c2)cc1. The van der Waals surface area contributed by atoms with Crippen molar-refractivity contribution < 1.29 is 8.42 Å². The average molecular weight is 394 g/mol. The molecule has 0 saturated carbocycles. The monoisotopic (exact) mass is 393 g/mol. The number of sulfonamides is 1. The van der Waals surface area contributed by atoms with Gasteiger partial charge in [0.2, 0.25) is 0 Å². The highest BCUT2D eigenvalue weighted by molar-refractivity contribution is 7.92. The number of halogens is 1. The van der Waals surface area contributed by atoms with Crippen LogP contribution in [-0.4, -0.2) is 39.5 Å². The summed E-state index contributed by atoms with van der Waals surface area (Å²) in [5, 5.41) is 4.04. The Labute approximate surface area is 160 Å². The van der Waals surface area contributed by atoms with Crippen LogP contribution in [0.3, 0.4) is 0 Å². The first kappa shape index (κ1) is 19.0. The van der Waals surface area contributed by atoms with Gasteiger partial charge in [-0.2, -0.15) is 0 Å². The van der Waals surface area contributed by atoms with Crippen molar-refractivity contribution in [3.8, 4) is 0 Å². The molecule has 7 heteroatoms. The summed E-state index contributed by atoms with van der Waals surface area (Å²) in [5.41, 5.74) is 2.26. The second-order valence-electron chi connectivity index (χ2n) is 6.84.